The molecule has 0 aliphatic carbocycles. The molecule has 3 aromatic heterocycles. The molecule has 0 radical (unpaired) electrons. The van der Waals surface area contributed by atoms with Crippen molar-refractivity contribution in [3.05, 3.63) is 48.8 Å². The number of aromatic nitrogens is 4. The summed E-state index contributed by atoms with van der Waals surface area (Å²) in [5, 5.41) is 5.33. The van der Waals surface area contributed by atoms with Crippen LogP contribution in [-0.4, -0.2) is 38.9 Å². The molecule has 1 saturated heterocycles. The van der Waals surface area contributed by atoms with E-state index in [9.17, 15) is 0 Å². The quantitative estimate of drug-likeness (QED) is 0.619. The van der Waals surface area contributed by atoms with Crippen LogP contribution in [0.4, 0.5) is 5.95 Å². The van der Waals surface area contributed by atoms with Crippen LogP contribution in [0, 0.1) is 0 Å². The van der Waals surface area contributed by atoms with Crippen molar-refractivity contribution in [2.45, 2.75) is 6.10 Å². The van der Waals surface area contributed by atoms with Crippen LogP contribution >= 0.6 is 0 Å². The summed E-state index contributed by atoms with van der Waals surface area (Å²) in [6.45, 7) is 1.13. The summed E-state index contributed by atoms with van der Waals surface area (Å²) >= 11 is 0. The Morgan fingerprint density at radius 2 is 2.12 bits per heavy atom. The van der Waals surface area contributed by atoms with E-state index in [1.807, 2.05) is 36.5 Å². The van der Waals surface area contributed by atoms with E-state index in [1.165, 1.54) is 0 Å². The third kappa shape index (κ3) is 2.36. The van der Waals surface area contributed by atoms with Gasteiger partial charge in [-0.15, -0.1) is 5.10 Å². The number of nitrogens with two attached hydrogens (primary N) is 1. The molecule has 0 amide bonds. The van der Waals surface area contributed by atoms with Gasteiger partial charge in [-0.25, -0.2) is 4.52 Å². The van der Waals surface area contributed by atoms with E-state index >= 15 is 0 Å². The van der Waals surface area contributed by atoms with Gasteiger partial charge in [-0.2, -0.15) is 4.98 Å². The molecule has 2 N–H and O–H groups in total. The highest BCUT2D eigenvalue weighted by Gasteiger charge is 2.24. The Labute approximate surface area is 143 Å². The maximum atomic E-state index is 5.96. The van der Waals surface area contributed by atoms with Gasteiger partial charge in [-0.1, -0.05) is 12.1 Å². The molecule has 1 fully saturated rings. The van der Waals surface area contributed by atoms with Crippen molar-refractivity contribution in [1.29, 1.82) is 0 Å². The number of rotatable bonds is 3. The number of fused-ring (bicyclic) bond motifs is 2. The molecule has 0 spiro atoms. The zero-order chi connectivity index (χ0) is 16.8. The number of nitrogens with zero attached hydrogens (tertiary/aromatic N) is 4. The predicted octanol–water partition coefficient (Wildman–Crippen LogP) is 2.30. The van der Waals surface area contributed by atoms with Crippen LogP contribution in [0.5, 0.6) is 5.88 Å². The van der Waals surface area contributed by atoms with Crippen molar-refractivity contribution in [3.63, 3.8) is 0 Å². The first-order valence-corrected chi connectivity index (χ1v) is 8.02. The summed E-state index contributed by atoms with van der Waals surface area (Å²) in [6, 6.07) is 12.1. The third-order valence-corrected chi connectivity index (χ3v) is 4.30. The van der Waals surface area contributed by atoms with E-state index in [2.05, 4.69) is 21.1 Å². The molecule has 0 unspecified atom stereocenters. The lowest BCUT2D eigenvalue weighted by atomic mass is 10.0. The van der Waals surface area contributed by atoms with Crippen molar-refractivity contribution in [1.82, 2.24) is 19.6 Å². The molecule has 124 valence electrons. The number of benzene rings is 1. The van der Waals surface area contributed by atoms with Crippen molar-refractivity contribution in [2.24, 2.45) is 0 Å². The number of pyridine rings is 1. The second-order valence-corrected chi connectivity index (χ2v) is 5.99. The maximum Gasteiger partial charge on any atom is 0.244 e. The van der Waals surface area contributed by atoms with Crippen LogP contribution in [-0.2, 0) is 4.74 Å². The first kappa shape index (κ1) is 14.2. The van der Waals surface area contributed by atoms with E-state index in [0.717, 1.165) is 27.5 Å². The van der Waals surface area contributed by atoms with Crippen LogP contribution in [0.3, 0.4) is 0 Å². The Morgan fingerprint density at radius 3 is 2.96 bits per heavy atom. The SMILES string of the molecule is Nc1nc(OC2COC2)c2c(-c3ccc4ncccc4c3)ccn2n1. The Kier molecular flexibility index (Phi) is 3.07. The van der Waals surface area contributed by atoms with Gasteiger partial charge in [0.15, 0.2) is 0 Å². The Morgan fingerprint density at radius 1 is 1.20 bits per heavy atom. The minimum absolute atomic E-state index is 0.00153. The summed E-state index contributed by atoms with van der Waals surface area (Å²) in [4.78, 5) is 8.67. The van der Waals surface area contributed by atoms with Gasteiger partial charge < -0.3 is 15.2 Å². The summed E-state index contributed by atoms with van der Waals surface area (Å²) in [5.74, 6) is 0.652. The van der Waals surface area contributed by atoms with Gasteiger partial charge in [0.05, 0.1) is 18.7 Å². The number of hydrogen-bond donors (Lipinski definition) is 1. The number of anilines is 1. The second kappa shape index (κ2) is 5.42. The predicted molar refractivity (Wildman–Crippen MR) is 93.4 cm³/mol. The molecule has 1 aromatic carbocycles. The van der Waals surface area contributed by atoms with E-state index < -0.39 is 0 Å². The second-order valence-electron chi connectivity index (χ2n) is 5.99. The van der Waals surface area contributed by atoms with Gasteiger partial charge in [-0.3, -0.25) is 4.98 Å². The molecular formula is C18H15N5O2. The first-order chi connectivity index (χ1) is 12.3. The van der Waals surface area contributed by atoms with Crippen molar-refractivity contribution in [3.8, 4) is 17.0 Å². The highest BCUT2D eigenvalue weighted by molar-refractivity contribution is 5.90. The maximum absolute atomic E-state index is 5.96. The van der Waals surface area contributed by atoms with Crippen LogP contribution in [0.1, 0.15) is 0 Å². The van der Waals surface area contributed by atoms with Crippen molar-refractivity contribution in [2.75, 3.05) is 18.9 Å². The molecule has 0 atom stereocenters. The van der Waals surface area contributed by atoms with E-state index in [0.29, 0.717) is 19.1 Å². The molecule has 4 heterocycles. The lowest BCUT2D eigenvalue weighted by Gasteiger charge is -2.26. The summed E-state index contributed by atoms with van der Waals surface area (Å²) in [6.07, 6.45) is 3.65. The lowest BCUT2D eigenvalue weighted by Crippen LogP contribution is -2.39. The topological polar surface area (TPSA) is 87.6 Å². The monoisotopic (exact) mass is 333 g/mol. The fourth-order valence-corrected chi connectivity index (χ4v) is 3.01. The van der Waals surface area contributed by atoms with Crippen molar-refractivity contribution < 1.29 is 9.47 Å². The van der Waals surface area contributed by atoms with Gasteiger partial charge in [-0.05, 0) is 29.8 Å². The van der Waals surface area contributed by atoms with E-state index in [-0.39, 0.29) is 12.1 Å². The number of nitrogen functional groups attached to an aromatic ring is 1. The molecule has 1 aliphatic rings. The summed E-state index contributed by atoms with van der Waals surface area (Å²) < 4.78 is 12.9. The summed E-state index contributed by atoms with van der Waals surface area (Å²) in [5.41, 5.74) is 9.61. The van der Waals surface area contributed by atoms with Crippen LogP contribution in [0.25, 0.3) is 27.5 Å². The molecule has 5 rings (SSSR count). The molecule has 7 nitrogen and oxygen atoms in total. The molecule has 25 heavy (non-hydrogen) atoms. The Bertz CT molecular complexity index is 1090. The normalized spacial score (nSPS) is 14.7. The van der Waals surface area contributed by atoms with Gasteiger partial charge in [0.2, 0.25) is 11.8 Å². The fourth-order valence-electron chi connectivity index (χ4n) is 3.01. The van der Waals surface area contributed by atoms with Gasteiger partial charge >= 0.3 is 0 Å². The first-order valence-electron chi connectivity index (χ1n) is 8.02. The van der Waals surface area contributed by atoms with Crippen LogP contribution < -0.4 is 10.5 Å². The standard InChI is InChI=1S/C18H15N5O2/c19-18-21-17(25-13-9-24-10-13)16-14(5-7-23(16)22-18)11-3-4-15-12(8-11)2-1-6-20-15/h1-8,13H,9-10H2,(H2,19,22). The minimum atomic E-state index is 0.00153. The molecule has 4 aromatic rings. The molecule has 7 heteroatoms. The molecular weight excluding hydrogens is 318 g/mol. The minimum Gasteiger partial charge on any atom is -0.468 e. The highest BCUT2D eigenvalue weighted by atomic mass is 16.6. The van der Waals surface area contributed by atoms with Gasteiger partial charge in [0, 0.05) is 23.3 Å². The van der Waals surface area contributed by atoms with Gasteiger partial charge in [0.1, 0.15) is 11.6 Å². The number of ether oxygens (including phenoxy) is 2. The third-order valence-electron chi connectivity index (χ3n) is 4.30. The Hall–Kier alpha value is -3.19. The molecule has 0 saturated carbocycles. The number of hydrogen-bond acceptors (Lipinski definition) is 6. The Balaban J connectivity index is 1.69. The van der Waals surface area contributed by atoms with Gasteiger partial charge in [0.25, 0.3) is 0 Å². The fraction of sp³-hybridized carbons (Fsp3) is 0.167. The molecule has 1 aliphatic heterocycles. The van der Waals surface area contributed by atoms with Crippen LogP contribution in [0.15, 0.2) is 48.8 Å². The smallest absolute Gasteiger partial charge is 0.244 e. The largest absolute Gasteiger partial charge is 0.468 e. The average molecular weight is 333 g/mol. The highest BCUT2D eigenvalue weighted by Crippen LogP contribution is 2.33. The van der Waals surface area contributed by atoms with E-state index in [4.69, 9.17) is 15.2 Å². The van der Waals surface area contributed by atoms with Crippen LogP contribution in [0.2, 0.25) is 0 Å². The average Bonchev–Trinajstić information content (AvgIpc) is 3.01. The lowest BCUT2D eigenvalue weighted by molar-refractivity contribution is -0.0808. The molecule has 0 bridgehead atoms. The summed E-state index contributed by atoms with van der Waals surface area (Å²) in [7, 11) is 0. The van der Waals surface area contributed by atoms with Crippen molar-refractivity contribution >= 4 is 22.4 Å². The zero-order valence-electron chi connectivity index (χ0n) is 13.3. The van der Waals surface area contributed by atoms with E-state index in [1.54, 1.807) is 10.7 Å². The zero-order valence-corrected chi connectivity index (χ0v) is 13.3.